The molecule has 0 amide bonds. The van der Waals surface area contributed by atoms with Gasteiger partial charge in [0, 0.05) is 49.2 Å². The van der Waals surface area contributed by atoms with Gasteiger partial charge in [0.25, 0.3) is 0 Å². The second kappa shape index (κ2) is 7.49. The van der Waals surface area contributed by atoms with Gasteiger partial charge in [-0.1, -0.05) is 13.3 Å². The van der Waals surface area contributed by atoms with Crippen LogP contribution in [0.3, 0.4) is 0 Å². The molecule has 0 unspecified atom stereocenters. The molecule has 1 N–H and O–H groups in total. The quantitative estimate of drug-likeness (QED) is 0.891. The monoisotopic (exact) mass is 299 g/mol. The minimum Gasteiger partial charge on any atom is -0.345 e. The standard InChI is InChI=1S/C17H25N5/c1-2-3-6-17-19-10-15(21-17)12-22-9-4-5-14(11-22)16-7-8-18-13-20-16/h7-8,10,13-14H,2-6,9,11-12H2,1H3,(H,19,21)/t14-/m0/s1. The summed E-state index contributed by atoms with van der Waals surface area (Å²) in [5.74, 6) is 1.65. The van der Waals surface area contributed by atoms with E-state index in [2.05, 4.69) is 31.8 Å². The molecule has 2 aromatic rings. The van der Waals surface area contributed by atoms with Crippen LogP contribution in [0.25, 0.3) is 0 Å². The maximum atomic E-state index is 4.49. The van der Waals surface area contributed by atoms with Crippen LogP contribution in [0.1, 0.15) is 55.7 Å². The van der Waals surface area contributed by atoms with Crippen LogP contribution in [0.4, 0.5) is 0 Å². The van der Waals surface area contributed by atoms with E-state index in [0.29, 0.717) is 5.92 Å². The second-order valence-corrected chi connectivity index (χ2v) is 6.17. The van der Waals surface area contributed by atoms with Crippen molar-refractivity contribution in [3.63, 3.8) is 0 Å². The molecule has 1 atom stereocenters. The zero-order valence-electron chi connectivity index (χ0n) is 13.3. The Kier molecular flexibility index (Phi) is 5.16. The van der Waals surface area contributed by atoms with E-state index in [1.54, 1.807) is 6.33 Å². The number of likely N-dealkylation sites (tertiary alicyclic amines) is 1. The van der Waals surface area contributed by atoms with Crippen molar-refractivity contribution in [1.82, 2.24) is 24.8 Å². The summed E-state index contributed by atoms with van der Waals surface area (Å²) in [4.78, 5) is 18.9. The Hall–Kier alpha value is -1.75. The molecule has 3 rings (SSSR count). The minimum atomic E-state index is 0.527. The minimum absolute atomic E-state index is 0.527. The van der Waals surface area contributed by atoms with E-state index in [9.17, 15) is 0 Å². The second-order valence-electron chi connectivity index (χ2n) is 6.17. The van der Waals surface area contributed by atoms with Gasteiger partial charge in [-0.15, -0.1) is 0 Å². The number of imidazole rings is 1. The third kappa shape index (κ3) is 3.91. The zero-order valence-corrected chi connectivity index (χ0v) is 13.3. The summed E-state index contributed by atoms with van der Waals surface area (Å²) in [7, 11) is 0. The van der Waals surface area contributed by atoms with Crippen molar-refractivity contribution >= 4 is 0 Å². The molecular weight excluding hydrogens is 274 g/mol. The molecule has 0 aliphatic carbocycles. The highest BCUT2D eigenvalue weighted by atomic mass is 15.1. The first-order chi connectivity index (χ1) is 10.8. The molecule has 5 nitrogen and oxygen atoms in total. The maximum absolute atomic E-state index is 4.49. The van der Waals surface area contributed by atoms with Gasteiger partial charge in [0.15, 0.2) is 0 Å². The number of nitrogens with zero attached hydrogens (tertiary/aromatic N) is 4. The fourth-order valence-electron chi connectivity index (χ4n) is 3.18. The largest absolute Gasteiger partial charge is 0.345 e. The topological polar surface area (TPSA) is 57.7 Å². The lowest BCUT2D eigenvalue weighted by atomic mass is 9.94. The van der Waals surface area contributed by atoms with Crippen molar-refractivity contribution in [2.45, 2.75) is 51.5 Å². The van der Waals surface area contributed by atoms with Gasteiger partial charge in [-0.2, -0.15) is 0 Å². The fourth-order valence-corrected chi connectivity index (χ4v) is 3.18. The van der Waals surface area contributed by atoms with Crippen LogP contribution in [-0.4, -0.2) is 37.9 Å². The summed E-state index contributed by atoms with van der Waals surface area (Å²) in [5, 5.41) is 0. The van der Waals surface area contributed by atoms with E-state index in [1.807, 2.05) is 18.5 Å². The average Bonchev–Trinajstić information content (AvgIpc) is 3.01. The average molecular weight is 299 g/mol. The number of piperidine rings is 1. The third-order valence-corrected chi connectivity index (χ3v) is 4.37. The van der Waals surface area contributed by atoms with Gasteiger partial charge in [0.2, 0.25) is 0 Å². The summed E-state index contributed by atoms with van der Waals surface area (Å²) in [6, 6.07) is 2.05. The number of hydrogen-bond acceptors (Lipinski definition) is 4. The molecule has 1 fully saturated rings. The van der Waals surface area contributed by atoms with E-state index >= 15 is 0 Å². The van der Waals surface area contributed by atoms with E-state index in [-0.39, 0.29) is 0 Å². The van der Waals surface area contributed by atoms with Gasteiger partial charge in [-0.3, -0.25) is 4.90 Å². The van der Waals surface area contributed by atoms with Gasteiger partial charge >= 0.3 is 0 Å². The van der Waals surface area contributed by atoms with Crippen LogP contribution in [-0.2, 0) is 13.0 Å². The maximum Gasteiger partial charge on any atom is 0.115 e. The Morgan fingerprint density at radius 2 is 2.32 bits per heavy atom. The van der Waals surface area contributed by atoms with Crippen molar-refractivity contribution in [2.75, 3.05) is 13.1 Å². The van der Waals surface area contributed by atoms with Crippen LogP contribution >= 0.6 is 0 Å². The van der Waals surface area contributed by atoms with Crippen LogP contribution in [0.2, 0.25) is 0 Å². The predicted molar refractivity (Wildman–Crippen MR) is 86.5 cm³/mol. The molecule has 0 radical (unpaired) electrons. The Bertz CT molecular complexity index is 565. The molecule has 3 heterocycles. The van der Waals surface area contributed by atoms with Crippen molar-refractivity contribution in [3.05, 3.63) is 42.0 Å². The highest BCUT2D eigenvalue weighted by Gasteiger charge is 2.22. The van der Waals surface area contributed by atoms with Gasteiger partial charge in [0.05, 0.1) is 0 Å². The van der Waals surface area contributed by atoms with Gasteiger partial charge in [0.1, 0.15) is 12.2 Å². The molecule has 0 saturated carbocycles. The van der Waals surface area contributed by atoms with E-state index in [0.717, 1.165) is 31.9 Å². The summed E-state index contributed by atoms with van der Waals surface area (Å²) in [6.07, 6.45) is 11.4. The first-order valence-electron chi connectivity index (χ1n) is 8.36. The van der Waals surface area contributed by atoms with Gasteiger partial charge in [-0.25, -0.2) is 15.0 Å². The molecule has 22 heavy (non-hydrogen) atoms. The van der Waals surface area contributed by atoms with Gasteiger partial charge < -0.3 is 4.98 Å². The summed E-state index contributed by atoms with van der Waals surface area (Å²) in [5.41, 5.74) is 2.40. The molecule has 5 heteroatoms. The number of rotatable bonds is 6. The van der Waals surface area contributed by atoms with Crippen LogP contribution in [0, 0.1) is 0 Å². The van der Waals surface area contributed by atoms with E-state index in [4.69, 9.17) is 0 Å². The zero-order chi connectivity index (χ0) is 15.2. The lowest BCUT2D eigenvalue weighted by Gasteiger charge is -2.31. The smallest absolute Gasteiger partial charge is 0.115 e. The van der Waals surface area contributed by atoms with E-state index in [1.165, 1.54) is 37.1 Å². The molecule has 1 saturated heterocycles. The lowest BCUT2D eigenvalue weighted by Crippen LogP contribution is -2.34. The number of aryl methyl sites for hydroxylation is 1. The molecule has 0 bridgehead atoms. The molecule has 2 aromatic heterocycles. The molecule has 0 spiro atoms. The number of aromatic amines is 1. The predicted octanol–water partition coefficient (Wildman–Crippen LogP) is 2.92. The number of unbranched alkanes of at least 4 members (excludes halogenated alkanes) is 1. The third-order valence-electron chi connectivity index (χ3n) is 4.37. The first-order valence-corrected chi connectivity index (χ1v) is 8.36. The van der Waals surface area contributed by atoms with Crippen molar-refractivity contribution < 1.29 is 0 Å². The van der Waals surface area contributed by atoms with E-state index < -0.39 is 0 Å². The Balaban J connectivity index is 1.57. The van der Waals surface area contributed by atoms with Crippen molar-refractivity contribution in [2.24, 2.45) is 0 Å². The van der Waals surface area contributed by atoms with Crippen LogP contribution in [0.15, 0.2) is 24.8 Å². The normalized spacial score (nSPS) is 19.4. The Labute approximate surface area is 132 Å². The molecule has 118 valence electrons. The van der Waals surface area contributed by atoms with Gasteiger partial charge in [-0.05, 0) is 31.9 Å². The fraction of sp³-hybridized carbons (Fsp3) is 0.588. The number of aromatic nitrogens is 4. The Morgan fingerprint density at radius 3 is 3.14 bits per heavy atom. The molecular formula is C17H25N5. The molecule has 1 aliphatic heterocycles. The number of hydrogen-bond donors (Lipinski definition) is 1. The van der Waals surface area contributed by atoms with Crippen LogP contribution < -0.4 is 0 Å². The first kappa shape index (κ1) is 15.2. The lowest BCUT2D eigenvalue weighted by molar-refractivity contribution is 0.196. The van der Waals surface area contributed by atoms with Crippen molar-refractivity contribution in [1.29, 1.82) is 0 Å². The van der Waals surface area contributed by atoms with Crippen LogP contribution in [0.5, 0.6) is 0 Å². The summed E-state index contributed by atoms with van der Waals surface area (Å²) >= 11 is 0. The Morgan fingerprint density at radius 1 is 1.36 bits per heavy atom. The summed E-state index contributed by atoms with van der Waals surface area (Å²) in [6.45, 7) is 5.40. The molecule has 0 aromatic carbocycles. The number of H-pyrrole nitrogens is 1. The highest BCUT2D eigenvalue weighted by molar-refractivity contribution is 5.08. The molecule has 1 aliphatic rings. The van der Waals surface area contributed by atoms with Crippen molar-refractivity contribution in [3.8, 4) is 0 Å². The SMILES string of the molecule is CCCCc1ncc(CN2CCC[C@H](c3ccncn3)C2)[nH]1. The summed E-state index contributed by atoms with van der Waals surface area (Å²) < 4.78 is 0. The highest BCUT2D eigenvalue weighted by Crippen LogP contribution is 2.25. The number of nitrogens with one attached hydrogen (secondary N) is 1.